The van der Waals surface area contributed by atoms with E-state index in [9.17, 15) is 19.5 Å². The molecule has 9 N–H and O–H groups in total. The van der Waals surface area contributed by atoms with Crippen LogP contribution in [-0.2, 0) is 27.2 Å². The van der Waals surface area contributed by atoms with Crippen molar-refractivity contribution in [2.75, 3.05) is 6.61 Å². The third-order valence-electron chi connectivity index (χ3n) is 4.91. The molecule has 164 valence electrons. The van der Waals surface area contributed by atoms with Gasteiger partial charge in [0.1, 0.15) is 12.1 Å². The van der Waals surface area contributed by atoms with Crippen molar-refractivity contribution in [1.29, 1.82) is 0 Å². The molecule has 0 bridgehead atoms. The van der Waals surface area contributed by atoms with Crippen molar-refractivity contribution in [1.82, 2.24) is 25.6 Å². The minimum Gasteiger partial charge on any atom is -0.394 e. The number of carbonyl (C=O) groups is 3. The molecule has 11 nitrogen and oxygen atoms in total. The second-order valence-electron chi connectivity index (χ2n) is 7.16. The van der Waals surface area contributed by atoms with Crippen molar-refractivity contribution in [3.63, 3.8) is 0 Å². The summed E-state index contributed by atoms with van der Waals surface area (Å²) in [6.45, 7) is -0.659. The molecule has 1 aromatic carbocycles. The molecule has 3 aromatic rings. The summed E-state index contributed by atoms with van der Waals surface area (Å²) in [5.41, 5.74) is 13.5. The maximum Gasteiger partial charge on any atom is 0.243 e. The lowest BCUT2D eigenvalue weighted by molar-refractivity contribution is -0.132. The zero-order valence-electron chi connectivity index (χ0n) is 16.7. The van der Waals surface area contributed by atoms with E-state index in [1.54, 1.807) is 12.4 Å². The van der Waals surface area contributed by atoms with Gasteiger partial charge in [-0.15, -0.1) is 0 Å². The number of carbonyl (C=O) groups excluding carboxylic acids is 3. The molecule has 31 heavy (non-hydrogen) atoms. The van der Waals surface area contributed by atoms with Gasteiger partial charge in [-0.05, 0) is 11.6 Å². The van der Waals surface area contributed by atoms with Gasteiger partial charge in [-0.3, -0.25) is 14.4 Å². The SMILES string of the molecule is NC(=O)[C@H](CO)NC(=O)[C@H](Cc1c[nH]c2ccccc12)NC(=O)[C@@H](N)Cc1cnc[nH]1. The maximum absolute atomic E-state index is 12.8. The smallest absolute Gasteiger partial charge is 0.243 e. The standard InChI is InChI=1S/C20H25N7O4/c21-14(6-12-8-23-10-25-12)19(30)26-16(20(31)27-17(9-28)18(22)29)5-11-7-24-15-4-2-1-3-13(11)15/h1-4,7-8,10,14,16-17,24,28H,5-6,9,21H2,(H2,22,29)(H,23,25)(H,26,30)(H,27,31)/t14-,16-,17-/m0/s1. The Morgan fingerprint density at radius 1 is 1.06 bits per heavy atom. The molecular formula is C20H25N7O4. The molecule has 0 spiro atoms. The maximum atomic E-state index is 12.8. The van der Waals surface area contributed by atoms with Gasteiger partial charge in [0.15, 0.2) is 0 Å². The molecule has 2 aromatic heterocycles. The Balaban J connectivity index is 1.78. The number of aliphatic hydroxyl groups excluding tert-OH is 1. The second kappa shape index (κ2) is 9.87. The minimum atomic E-state index is -1.27. The molecule has 3 atom stereocenters. The first-order chi connectivity index (χ1) is 14.9. The molecule has 0 saturated heterocycles. The van der Waals surface area contributed by atoms with Gasteiger partial charge in [-0.2, -0.15) is 0 Å². The number of H-pyrrole nitrogens is 2. The number of nitrogens with one attached hydrogen (secondary N) is 4. The number of hydrogen-bond donors (Lipinski definition) is 7. The van der Waals surface area contributed by atoms with Crippen molar-refractivity contribution in [3.05, 3.63) is 54.2 Å². The molecule has 0 radical (unpaired) electrons. The molecule has 0 aliphatic carbocycles. The number of para-hydroxylation sites is 1. The van der Waals surface area contributed by atoms with E-state index >= 15 is 0 Å². The number of aliphatic hydroxyl groups is 1. The second-order valence-corrected chi connectivity index (χ2v) is 7.16. The molecule has 3 amide bonds. The summed E-state index contributed by atoms with van der Waals surface area (Å²) < 4.78 is 0. The number of aromatic nitrogens is 3. The van der Waals surface area contributed by atoms with Crippen LogP contribution in [0.15, 0.2) is 43.0 Å². The molecular weight excluding hydrogens is 402 g/mol. The Kier molecular flexibility index (Phi) is 7.00. The molecule has 0 saturated carbocycles. The summed E-state index contributed by atoms with van der Waals surface area (Å²) in [6, 6.07) is 4.28. The number of rotatable bonds is 10. The van der Waals surface area contributed by atoms with Gasteiger partial charge in [0.2, 0.25) is 17.7 Å². The normalized spacial score (nSPS) is 14.0. The zero-order chi connectivity index (χ0) is 22.4. The summed E-state index contributed by atoms with van der Waals surface area (Å²) in [5, 5.41) is 15.2. The molecule has 0 aliphatic heterocycles. The molecule has 0 unspecified atom stereocenters. The monoisotopic (exact) mass is 427 g/mol. The summed E-state index contributed by atoms with van der Waals surface area (Å²) in [7, 11) is 0. The highest BCUT2D eigenvalue weighted by atomic mass is 16.3. The van der Waals surface area contributed by atoms with Gasteiger partial charge in [0.25, 0.3) is 0 Å². The van der Waals surface area contributed by atoms with E-state index in [0.717, 1.165) is 16.5 Å². The van der Waals surface area contributed by atoms with Gasteiger partial charge < -0.3 is 37.2 Å². The lowest BCUT2D eigenvalue weighted by Gasteiger charge is -2.22. The van der Waals surface area contributed by atoms with Crippen LogP contribution in [0.1, 0.15) is 11.3 Å². The molecule has 2 heterocycles. The van der Waals surface area contributed by atoms with E-state index in [1.165, 1.54) is 6.33 Å². The lowest BCUT2D eigenvalue weighted by atomic mass is 10.0. The van der Waals surface area contributed by atoms with Gasteiger partial charge in [-0.25, -0.2) is 4.98 Å². The molecule has 3 rings (SSSR count). The van der Waals surface area contributed by atoms with Crippen LogP contribution in [0.25, 0.3) is 10.9 Å². The molecule has 0 fully saturated rings. The topological polar surface area (TPSA) is 192 Å². The third kappa shape index (κ3) is 5.47. The number of hydrogen-bond acceptors (Lipinski definition) is 6. The average Bonchev–Trinajstić information content (AvgIpc) is 3.41. The highest BCUT2D eigenvalue weighted by Crippen LogP contribution is 2.19. The number of imidazole rings is 1. The summed E-state index contributed by atoms with van der Waals surface area (Å²) in [4.78, 5) is 46.8. The largest absolute Gasteiger partial charge is 0.394 e. The Bertz CT molecular complexity index is 1050. The number of amides is 3. The molecule has 0 aliphatic rings. The first-order valence-electron chi connectivity index (χ1n) is 9.67. The van der Waals surface area contributed by atoms with Crippen LogP contribution in [0.5, 0.6) is 0 Å². The number of nitrogens with two attached hydrogens (primary N) is 2. The average molecular weight is 427 g/mol. The minimum absolute atomic E-state index is 0.134. The van der Waals surface area contributed by atoms with E-state index in [0.29, 0.717) is 5.69 Å². The van der Waals surface area contributed by atoms with Crippen molar-refractivity contribution in [2.24, 2.45) is 11.5 Å². The number of fused-ring (bicyclic) bond motifs is 1. The van der Waals surface area contributed by atoms with Crippen molar-refractivity contribution in [3.8, 4) is 0 Å². The van der Waals surface area contributed by atoms with Crippen LogP contribution >= 0.6 is 0 Å². The number of primary amides is 1. The van der Waals surface area contributed by atoms with Gasteiger partial charge >= 0.3 is 0 Å². The fourth-order valence-electron chi connectivity index (χ4n) is 3.21. The Labute approximate surface area is 177 Å². The summed E-state index contributed by atoms with van der Waals surface area (Å²) >= 11 is 0. The predicted molar refractivity (Wildman–Crippen MR) is 112 cm³/mol. The fourth-order valence-corrected chi connectivity index (χ4v) is 3.21. The Morgan fingerprint density at radius 3 is 2.48 bits per heavy atom. The Morgan fingerprint density at radius 2 is 1.81 bits per heavy atom. The Hall–Kier alpha value is -3.70. The third-order valence-corrected chi connectivity index (χ3v) is 4.91. The summed E-state index contributed by atoms with van der Waals surface area (Å²) in [5.74, 6) is -2.09. The van der Waals surface area contributed by atoms with Crippen LogP contribution in [0.4, 0.5) is 0 Å². The van der Waals surface area contributed by atoms with E-state index in [4.69, 9.17) is 11.5 Å². The van der Waals surface area contributed by atoms with Gasteiger partial charge in [-0.1, -0.05) is 18.2 Å². The van der Waals surface area contributed by atoms with Crippen LogP contribution in [0.3, 0.4) is 0 Å². The quantitative estimate of drug-likeness (QED) is 0.205. The first-order valence-corrected chi connectivity index (χ1v) is 9.67. The van der Waals surface area contributed by atoms with Crippen molar-refractivity contribution in [2.45, 2.75) is 31.0 Å². The van der Waals surface area contributed by atoms with Crippen molar-refractivity contribution >= 4 is 28.6 Å². The van der Waals surface area contributed by atoms with E-state index in [2.05, 4.69) is 25.6 Å². The fraction of sp³-hybridized carbons (Fsp3) is 0.300. The number of benzene rings is 1. The summed E-state index contributed by atoms with van der Waals surface area (Å²) in [6.07, 6.45) is 5.12. The van der Waals surface area contributed by atoms with E-state index in [1.807, 2.05) is 24.3 Å². The van der Waals surface area contributed by atoms with Crippen molar-refractivity contribution < 1.29 is 19.5 Å². The number of aromatic amines is 2. The zero-order valence-corrected chi connectivity index (χ0v) is 16.7. The number of nitrogens with zero attached hydrogens (tertiary/aromatic N) is 1. The highest BCUT2D eigenvalue weighted by Gasteiger charge is 2.28. The van der Waals surface area contributed by atoms with Crippen LogP contribution in [-0.4, -0.2) is 62.5 Å². The van der Waals surface area contributed by atoms with Gasteiger partial charge in [0.05, 0.1) is 19.0 Å². The van der Waals surface area contributed by atoms with E-state index in [-0.39, 0.29) is 12.8 Å². The first kappa shape index (κ1) is 22.0. The highest BCUT2D eigenvalue weighted by molar-refractivity contribution is 5.93. The van der Waals surface area contributed by atoms with Gasteiger partial charge in [0, 0.05) is 41.8 Å². The van der Waals surface area contributed by atoms with Crippen LogP contribution < -0.4 is 22.1 Å². The lowest BCUT2D eigenvalue weighted by Crippen LogP contribution is -2.57. The molecule has 11 heteroatoms. The van der Waals surface area contributed by atoms with Crippen LogP contribution in [0.2, 0.25) is 0 Å². The predicted octanol–water partition coefficient (Wildman–Crippen LogP) is -1.55. The van der Waals surface area contributed by atoms with Crippen LogP contribution in [0, 0.1) is 0 Å². The van der Waals surface area contributed by atoms with E-state index < -0.39 is 42.5 Å².